The number of benzene rings is 1. The van der Waals surface area contributed by atoms with Crippen LogP contribution in [0.15, 0.2) is 34.9 Å². The topological polar surface area (TPSA) is 38.1 Å². The Balaban J connectivity index is 1.87. The fourth-order valence-electron chi connectivity index (χ4n) is 2.14. The lowest BCUT2D eigenvalue weighted by Gasteiger charge is -2.09. The Labute approximate surface area is 127 Å². The Morgan fingerprint density at radius 3 is 2.64 bits per heavy atom. The highest BCUT2D eigenvalue weighted by atomic mass is 19.4. The summed E-state index contributed by atoms with van der Waals surface area (Å²) in [5.74, 6) is 1.18. The molecule has 0 aliphatic carbocycles. The van der Waals surface area contributed by atoms with Crippen LogP contribution in [0.4, 0.5) is 13.2 Å². The van der Waals surface area contributed by atoms with Crippen molar-refractivity contribution in [1.29, 1.82) is 0 Å². The second-order valence-corrected chi connectivity index (χ2v) is 5.68. The van der Waals surface area contributed by atoms with Crippen LogP contribution >= 0.6 is 0 Å². The largest absolute Gasteiger partial charge is 0.416 e. The van der Waals surface area contributed by atoms with E-state index in [0.29, 0.717) is 30.3 Å². The fraction of sp³-hybridized carbons (Fsp3) is 0.438. The molecule has 6 heteroatoms. The van der Waals surface area contributed by atoms with E-state index in [-0.39, 0.29) is 0 Å². The highest BCUT2D eigenvalue weighted by Gasteiger charge is 2.30. The number of rotatable bonds is 6. The molecule has 2 aromatic rings. The first kappa shape index (κ1) is 16.5. The maximum Gasteiger partial charge on any atom is 0.416 e. The van der Waals surface area contributed by atoms with Crippen LogP contribution in [0.2, 0.25) is 0 Å². The lowest BCUT2D eigenvalue weighted by molar-refractivity contribution is -0.137. The zero-order valence-corrected chi connectivity index (χ0v) is 12.6. The van der Waals surface area contributed by atoms with Gasteiger partial charge in [0.2, 0.25) is 0 Å². The molecule has 0 amide bonds. The summed E-state index contributed by atoms with van der Waals surface area (Å²) < 4.78 is 43.0. The zero-order chi connectivity index (χ0) is 16.2. The van der Waals surface area contributed by atoms with E-state index in [0.717, 1.165) is 24.2 Å². The monoisotopic (exact) mass is 312 g/mol. The zero-order valence-electron chi connectivity index (χ0n) is 12.6. The van der Waals surface area contributed by atoms with E-state index in [4.69, 9.17) is 4.52 Å². The average Bonchev–Trinajstić information content (AvgIpc) is 2.85. The van der Waals surface area contributed by atoms with Gasteiger partial charge in [-0.1, -0.05) is 37.2 Å². The van der Waals surface area contributed by atoms with Crippen molar-refractivity contribution in [1.82, 2.24) is 10.5 Å². The van der Waals surface area contributed by atoms with E-state index in [1.807, 2.05) is 6.07 Å². The quantitative estimate of drug-likeness (QED) is 0.869. The molecule has 0 aliphatic rings. The minimum Gasteiger partial charge on any atom is -0.360 e. The fourth-order valence-corrected chi connectivity index (χ4v) is 2.14. The predicted octanol–water partition coefficient (Wildman–Crippen LogP) is 4.18. The normalized spacial score (nSPS) is 12.1. The van der Waals surface area contributed by atoms with Gasteiger partial charge in [-0.15, -0.1) is 0 Å². The lowest BCUT2D eigenvalue weighted by atomic mass is 10.1. The van der Waals surface area contributed by atoms with Gasteiger partial charge >= 0.3 is 6.18 Å². The third-order valence-corrected chi connectivity index (χ3v) is 3.11. The van der Waals surface area contributed by atoms with Gasteiger partial charge in [0.25, 0.3) is 0 Å². The van der Waals surface area contributed by atoms with Gasteiger partial charge in [0.1, 0.15) is 0 Å². The van der Waals surface area contributed by atoms with Gasteiger partial charge < -0.3 is 9.84 Å². The van der Waals surface area contributed by atoms with Gasteiger partial charge in [0, 0.05) is 12.6 Å². The summed E-state index contributed by atoms with van der Waals surface area (Å²) in [7, 11) is 0. The molecule has 3 nitrogen and oxygen atoms in total. The van der Waals surface area contributed by atoms with Crippen molar-refractivity contribution in [3.8, 4) is 0 Å². The molecule has 0 radical (unpaired) electrons. The van der Waals surface area contributed by atoms with Gasteiger partial charge in [0.15, 0.2) is 5.76 Å². The predicted molar refractivity (Wildman–Crippen MR) is 77.0 cm³/mol. The molecular weight excluding hydrogens is 293 g/mol. The van der Waals surface area contributed by atoms with E-state index >= 15 is 0 Å². The molecule has 0 unspecified atom stereocenters. The Morgan fingerprint density at radius 2 is 1.95 bits per heavy atom. The Bertz CT molecular complexity index is 605. The van der Waals surface area contributed by atoms with Gasteiger partial charge in [0.05, 0.1) is 17.8 Å². The number of nitrogens with zero attached hydrogens (tertiary/aromatic N) is 1. The molecule has 0 bridgehead atoms. The van der Waals surface area contributed by atoms with Crippen LogP contribution in [0.3, 0.4) is 0 Å². The average molecular weight is 312 g/mol. The summed E-state index contributed by atoms with van der Waals surface area (Å²) in [6.45, 7) is 4.96. The molecule has 1 N–H and O–H groups in total. The number of alkyl halides is 3. The van der Waals surface area contributed by atoms with Crippen LogP contribution in [0.5, 0.6) is 0 Å². The van der Waals surface area contributed by atoms with Crippen molar-refractivity contribution in [2.45, 2.75) is 39.5 Å². The summed E-state index contributed by atoms with van der Waals surface area (Å²) >= 11 is 0. The molecule has 0 atom stereocenters. The molecule has 1 heterocycles. The minimum atomic E-state index is -4.31. The lowest BCUT2D eigenvalue weighted by Crippen LogP contribution is -2.13. The second-order valence-electron chi connectivity index (χ2n) is 5.68. The molecule has 0 spiro atoms. The summed E-state index contributed by atoms with van der Waals surface area (Å²) in [5, 5.41) is 7.03. The number of hydrogen-bond donors (Lipinski definition) is 1. The number of halogens is 3. The van der Waals surface area contributed by atoms with Crippen molar-refractivity contribution in [3.63, 3.8) is 0 Å². The van der Waals surface area contributed by atoms with Crippen molar-refractivity contribution in [3.05, 3.63) is 52.9 Å². The van der Waals surface area contributed by atoms with E-state index < -0.39 is 11.7 Å². The third-order valence-electron chi connectivity index (χ3n) is 3.11. The van der Waals surface area contributed by atoms with Gasteiger partial charge in [-0.3, -0.25) is 0 Å². The Kier molecular flexibility index (Phi) is 5.24. The number of aromatic nitrogens is 1. The van der Waals surface area contributed by atoms with Crippen LogP contribution in [0, 0.1) is 5.92 Å². The smallest absolute Gasteiger partial charge is 0.360 e. The van der Waals surface area contributed by atoms with Crippen molar-refractivity contribution in [2.24, 2.45) is 5.92 Å². The van der Waals surface area contributed by atoms with Gasteiger partial charge in [-0.25, -0.2) is 0 Å². The highest BCUT2D eigenvalue weighted by Crippen LogP contribution is 2.29. The van der Waals surface area contributed by atoms with Crippen LogP contribution in [-0.2, 0) is 25.7 Å². The molecule has 0 aliphatic heterocycles. The van der Waals surface area contributed by atoms with Crippen LogP contribution in [0.1, 0.15) is 36.4 Å². The molecule has 0 fully saturated rings. The molecule has 0 saturated carbocycles. The molecule has 1 aromatic heterocycles. The second kappa shape index (κ2) is 6.96. The van der Waals surface area contributed by atoms with E-state index in [1.165, 1.54) is 6.07 Å². The maximum absolute atomic E-state index is 12.6. The van der Waals surface area contributed by atoms with Crippen LogP contribution < -0.4 is 5.32 Å². The molecule has 1 aromatic carbocycles. The van der Waals surface area contributed by atoms with Gasteiger partial charge in [-0.05, 0) is 24.0 Å². The Hall–Kier alpha value is -1.82. The first-order valence-electron chi connectivity index (χ1n) is 7.16. The van der Waals surface area contributed by atoms with E-state index in [2.05, 4.69) is 24.3 Å². The summed E-state index contributed by atoms with van der Waals surface area (Å²) in [5.41, 5.74) is 0.841. The van der Waals surface area contributed by atoms with E-state index in [9.17, 15) is 13.2 Å². The SMILES string of the molecule is CC(C)Cc1cc(CNCc2cccc(C(F)(F)F)c2)on1. The minimum absolute atomic E-state index is 0.337. The first-order chi connectivity index (χ1) is 10.3. The molecule has 0 saturated heterocycles. The summed E-state index contributed by atoms with van der Waals surface area (Å²) in [4.78, 5) is 0. The number of hydrogen-bond acceptors (Lipinski definition) is 3. The first-order valence-corrected chi connectivity index (χ1v) is 7.16. The van der Waals surface area contributed by atoms with Crippen LogP contribution in [-0.4, -0.2) is 5.16 Å². The third kappa shape index (κ3) is 4.87. The van der Waals surface area contributed by atoms with Crippen molar-refractivity contribution >= 4 is 0 Å². The van der Waals surface area contributed by atoms with Crippen molar-refractivity contribution in [2.75, 3.05) is 0 Å². The highest BCUT2D eigenvalue weighted by molar-refractivity contribution is 5.25. The Morgan fingerprint density at radius 1 is 1.18 bits per heavy atom. The van der Waals surface area contributed by atoms with Crippen LogP contribution in [0.25, 0.3) is 0 Å². The molecule has 120 valence electrons. The van der Waals surface area contributed by atoms with Gasteiger partial charge in [-0.2, -0.15) is 13.2 Å². The maximum atomic E-state index is 12.6. The number of nitrogens with one attached hydrogen (secondary N) is 1. The summed E-state index contributed by atoms with van der Waals surface area (Å²) in [6, 6.07) is 7.16. The summed E-state index contributed by atoms with van der Waals surface area (Å²) in [6.07, 6.45) is -3.47. The standard InChI is InChI=1S/C16H19F3N2O/c1-11(2)6-14-8-15(22-21-14)10-20-9-12-4-3-5-13(7-12)16(17,18)19/h3-5,7-8,11,20H,6,9-10H2,1-2H3. The van der Waals surface area contributed by atoms with Crippen molar-refractivity contribution < 1.29 is 17.7 Å². The molecular formula is C16H19F3N2O. The molecule has 2 rings (SSSR count). The molecule has 22 heavy (non-hydrogen) atoms. The van der Waals surface area contributed by atoms with E-state index in [1.54, 1.807) is 6.07 Å².